The van der Waals surface area contributed by atoms with Crippen LogP contribution in [0.3, 0.4) is 0 Å². The van der Waals surface area contributed by atoms with E-state index in [0.717, 1.165) is 6.07 Å². The number of hydrogen-bond acceptors (Lipinski definition) is 1. The number of halogens is 3. The van der Waals surface area contributed by atoms with E-state index in [0.29, 0.717) is 11.1 Å². The molecular formula is C15H13F3O. The molecule has 19 heavy (non-hydrogen) atoms. The number of aliphatic hydroxyl groups is 1. The first kappa shape index (κ1) is 13.6. The Morgan fingerprint density at radius 2 is 1.84 bits per heavy atom. The highest BCUT2D eigenvalue weighted by molar-refractivity contribution is 5.29. The first-order chi connectivity index (χ1) is 8.99. The summed E-state index contributed by atoms with van der Waals surface area (Å²) in [5.74, 6) is -2.41. The molecule has 0 saturated carbocycles. The summed E-state index contributed by atoms with van der Waals surface area (Å²) < 4.78 is 39.6. The zero-order valence-corrected chi connectivity index (χ0v) is 10.3. The SMILES string of the molecule is Cc1cc(F)ccc1CC(O)c1cccc(F)c1F. The van der Waals surface area contributed by atoms with Crippen LogP contribution in [-0.2, 0) is 6.42 Å². The molecule has 0 heterocycles. The highest BCUT2D eigenvalue weighted by Gasteiger charge is 2.17. The molecule has 4 heteroatoms. The van der Waals surface area contributed by atoms with E-state index in [9.17, 15) is 18.3 Å². The van der Waals surface area contributed by atoms with Crippen LogP contribution in [0.15, 0.2) is 36.4 Å². The van der Waals surface area contributed by atoms with Gasteiger partial charge in [0, 0.05) is 12.0 Å². The summed E-state index contributed by atoms with van der Waals surface area (Å²) in [4.78, 5) is 0. The minimum absolute atomic E-state index is 0.0938. The van der Waals surface area contributed by atoms with E-state index < -0.39 is 17.7 Å². The Balaban J connectivity index is 2.25. The second-order valence-electron chi connectivity index (χ2n) is 4.43. The summed E-state index contributed by atoms with van der Waals surface area (Å²) in [6.07, 6.45) is -1.06. The molecule has 0 aliphatic heterocycles. The van der Waals surface area contributed by atoms with Gasteiger partial charge in [-0.05, 0) is 36.2 Å². The molecule has 100 valence electrons. The summed E-state index contributed by atoms with van der Waals surface area (Å²) >= 11 is 0. The zero-order chi connectivity index (χ0) is 14.0. The van der Waals surface area contributed by atoms with Crippen LogP contribution < -0.4 is 0 Å². The van der Waals surface area contributed by atoms with Gasteiger partial charge >= 0.3 is 0 Å². The lowest BCUT2D eigenvalue weighted by molar-refractivity contribution is 0.172. The number of benzene rings is 2. The lowest BCUT2D eigenvalue weighted by Crippen LogP contribution is -2.07. The Morgan fingerprint density at radius 1 is 1.11 bits per heavy atom. The van der Waals surface area contributed by atoms with Gasteiger partial charge in [-0.2, -0.15) is 0 Å². The van der Waals surface area contributed by atoms with Crippen LogP contribution in [0.4, 0.5) is 13.2 Å². The van der Waals surface area contributed by atoms with Gasteiger partial charge < -0.3 is 5.11 Å². The van der Waals surface area contributed by atoms with Crippen molar-refractivity contribution in [3.05, 3.63) is 70.5 Å². The molecular weight excluding hydrogens is 253 g/mol. The summed E-state index contributed by atoms with van der Waals surface area (Å²) in [6, 6.07) is 7.82. The summed E-state index contributed by atoms with van der Waals surface area (Å²) in [7, 11) is 0. The van der Waals surface area contributed by atoms with E-state index in [1.807, 2.05) is 0 Å². The molecule has 2 rings (SSSR count). The van der Waals surface area contributed by atoms with E-state index in [1.165, 1.54) is 30.3 Å². The first-order valence-corrected chi connectivity index (χ1v) is 5.86. The quantitative estimate of drug-likeness (QED) is 0.898. The fourth-order valence-electron chi connectivity index (χ4n) is 1.98. The van der Waals surface area contributed by atoms with E-state index in [1.54, 1.807) is 6.92 Å². The number of aryl methyl sites for hydroxylation is 1. The highest BCUT2D eigenvalue weighted by atomic mass is 19.2. The third-order valence-corrected chi connectivity index (χ3v) is 3.06. The molecule has 0 bridgehead atoms. The molecule has 0 fully saturated rings. The third-order valence-electron chi connectivity index (χ3n) is 3.06. The standard InChI is InChI=1S/C15H13F3O/c1-9-7-11(16)6-5-10(9)8-14(19)12-3-2-4-13(17)15(12)18/h2-7,14,19H,8H2,1H3. The van der Waals surface area contributed by atoms with Crippen molar-refractivity contribution in [1.29, 1.82) is 0 Å². The smallest absolute Gasteiger partial charge is 0.164 e. The highest BCUT2D eigenvalue weighted by Crippen LogP contribution is 2.24. The van der Waals surface area contributed by atoms with Crippen LogP contribution in [-0.4, -0.2) is 5.11 Å². The van der Waals surface area contributed by atoms with Crippen molar-refractivity contribution in [2.24, 2.45) is 0 Å². The Kier molecular flexibility index (Phi) is 3.90. The molecule has 0 aliphatic carbocycles. The molecule has 0 amide bonds. The molecule has 1 nitrogen and oxygen atoms in total. The Morgan fingerprint density at radius 3 is 2.53 bits per heavy atom. The Hall–Kier alpha value is -1.81. The molecule has 1 atom stereocenters. The van der Waals surface area contributed by atoms with Crippen LogP contribution in [0.2, 0.25) is 0 Å². The van der Waals surface area contributed by atoms with Gasteiger partial charge in [0.1, 0.15) is 5.82 Å². The van der Waals surface area contributed by atoms with Crippen molar-refractivity contribution in [3.63, 3.8) is 0 Å². The molecule has 0 aromatic heterocycles. The third kappa shape index (κ3) is 2.96. The van der Waals surface area contributed by atoms with Crippen LogP contribution in [0, 0.1) is 24.4 Å². The first-order valence-electron chi connectivity index (χ1n) is 5.86. The van der Waals surface area contributed by atoms with E-state index in [-0.39, 0.29) is 17.8 Å². The van der Waals surface area contributed by atoms with Crippen molar-refractivity contribution in [2.45, 2.75) is 19.4 Å². The van der Waals surface area contributed by atoms with E-state index in [4.69, 9.17) is 0 Å². The van der Waals surface area contributed by atoms with Gasteiger partial charge in [0.25, 0.3) is 0 Å². The van der Waals surface area contributed by atoms with Crippen LogP contribution >= 0.6 is 0 Å². The second kappa shape index (κ2) is 5.45. The predicted molar refractivity (Wildman–Crippen MR) is 66.2 cm³/mol. The van der Waals surface area contributed by atoms with Gasteiger partial charge in [-0.25, -0.2) is 13.2 Å². The summed E-state index contributed by atoms with van der Waals surface area (Å²) in [5.41, 5.74) is 1.26. The van der Waals surface area contributed by atoms with Crippen LogP contribution in [0.25, 0.3) is 0 Å². The van der Waals surface area contributed by atoms with Crippen molar-refractivity contribution in [3.8, 4) is 0 Å². The monoisotopic (exact) mass is 266 g/mol. The molecule has 0 aliphatic rings. The van der Waals surface area contributed by atoms with Crippen molar-refractivity contribution >= 4 is 0 Å². The molecule has 0 radical (unpaired) electrons. The maximum atomic E-state index is 13.5. The molecule has 2 aromatic carbocycles. The summed E-state index contributed by atoms with van der Waals surface area (Å²) in [6.45, 7) is 1.70. The molecule has 0 saturated heterocycles. The van der Waals surface area contributed by atoms with Crippen LogP contribution in [0.5, 0.6) is 0 Å². The average molecular weight is 266 g/mol. The van der Waals surface area contributed by atoms with Gasteiger partial charge in [0.05, 0.1) is 6.10 Å². The fourth-order valence-corrected chi connectivity index (χ4v) is 1.98. The lowest BCUT2D eigenvalue weighted by atomic mass is 9.98. The van der Waals surface area contributed by atoms with Gasteiger partial charge in [-0.3, -0.25) is 0 Å². The Labute approximate surface area is 109 Å². The van der Waals surface area contributed by atoms with Crippen molar-refractivity contribution < 1.29 is 18.3 Å². The molecule has 2 aromatic rings. The molecule has 1 N–H and O–H groups in total. The number of aliphatic hydroxyl groups excluding tert-OH is 1. The minimum Gasteiger partial charge on any atom is -0.388 e. The van der Waals surface area contributed by atoms with Crippen molar-refractivity contribution in [2.75, 3.05) is 0 Å². The van der Waals surface area contributed by atoms with Gasteiger partial charge in [0.2, 0.25) is 0 Å². The largest absolute Gasteiger partial charge is 0.388 e. The maximum Gasteiger partial charge on any atom is 0.164 e. The van der Waals surface area contributed by atoms with E-state index in [2.05, 4.69) is 0 Å². The normalized spacial score (nSPS) is 12.5. The van der Waals surface area contributed by atoms with Crippen LogP contribution in [0.1, 0.15) is 22.8 Å². The number of hydrogen-bond donors (Lipinski definition) is 1. The predicted octanol–water partition coefficient (Wildman–Crippen LogP) is 3.69. The van der Waals surface area contributed by atoms with Gasteiger partial charge in [0.15, 0.2) is 11.6 Å². The molecule has 0 spiro atoms. The maximum absolute atomic E-state index is 13.5. The second-order valence-corrected chi connectivity index (χ2v) is 4.43. The van der Waals surface area contributed by atoms with E-state index >= 15 is 0 Å². The number of rotatable bonds is 3. The van der Waals surface area contributed by atoms with Gasteiger partial charge in [-0.1, -0.05) is 18.2 Å². The fraction of sp³-hybridized carbons (Fsp3) is 0.200. The zero-order valence-electron chi connectivity index (χ0n) is 10.3. The lowest BCUT2D eigenvalue weighted by Gasteiger charge is -2.14. The summed E-state index contributed by atoms with van der Waals surface area (Å²) in [5, 5.41) is 9.97. The Bertz CT molecular complexity index is 596. The average Bonchev–Trinajstić information content (AvgIpc) is 2.36. The minimum atomic E-state index is -1.17. The molecule has 1 unspecified atom stereocenters. The van der Waals surface area contributed by atoms with Crippen molar-refractivity contribution in [1.82, 2.24) is 0 Å². The van der Waals surface area contributed by atoms with Gasteiger partial charge in [-0.15, -0.1) is 0 Å². The topological polar surface area (TPSA) is 20.2 Å².